The fourth-order valence-corrected chi connectivity index (χ4v) is 6.96. The standard InChI is InChI=1S/C22H32N2O5S/c1-21(2,17-4-3-5-17)20(26)23-18-7-11-29-22(14-18)8-12-30(27,13-9-22)24-19(25)16-6-10-28-15-16/h6,10,15,17-18H,3-5,7-9,11-14H2,1-2H3,(H,23,26). The van der Waals surface area contributed by atoms with Gasteiger partial charge in [0.1, 0.15) is 6.26 Å². The molecule has 0 aromatic carbocycles. The SMILES string of the molecule is CC(C)(C(=O)NC1CCOC2(CCS(=O)(=NC(=O)c3ccoc3)CC2)C1)C1CCC1. The predicted molar refractivity (Wildman–Crippen MR) is 114 cm³/mol. The molecular weight excluding hydrogens is 404 g/mol. The number of nitrogens with zero attached hydrogens (tertiary/aromatic N) is 1. The van der Waals surface area contributed by atoms with Gasteiger partial charge in [0.15, 0.2) is 0 Å². The van der Waals surface area contributed by atoms with Crippen LogP contribution in [0.4, 0.5) is 0 Å². The molecule has 4 rings (SSSR count). The molecule has 1 aliphatic carbocycles. The van der Waals surface area contributed by atoms with E-state index in [1.165, 1.54) is 25.0 Å². The minimum atomic E-state index is -2.60. The highest BCUT2D eigenvalue weighted by molar-refractivity contribution is 7.93. The third-order valence-corrected chi connectivity index (χ3v) is 9.49. The fraction of sp³-hybridized carbons (Fsp3) is 0.727. The van der Waals surface area contributed by atoms with Crippen LogP contribution in [0.15, 0.2) is 27.4 Å². The first-order valence-electron chi connectivity index (χ1n) is 11.0. The Morgan fingerprint density at radius 1 is 1.23 bits per heavy atom. The van der Waals surface area contributed by atoms with Crippen LogP contribution in [-0.2, 0) is 19.3 Å². The maximum Gasteiger partial charge on any atom is 0.288 e. The van der Waals surface area contributed by atoms with Crippen LogP contribution in [0.1, 0.15) is 69.2 Å². The third kappa shape index (κ3) is 4.35. The Bertz CT molecular complexity index is 896. The molecule has 1 unspecified atom stereocenters. The number of amides is 2. The zero-order valence-corrected chi connectivity index (χ0v) is 18.7. The molecule has 3 heterocycles. The second kappa shape index (κ2) is 8.11. The normalized spacial score (nSPS) is 32.4. The lowest BCUT2D eigenvalue weighted by Crippen LogP contribution is -2.54. The molecular formula is C22H32N2O5S. The van der Waals surface area contributed by atoms with Gasteiger partial charge in [-0.2, -0.15) is 4.36 Å². The van der Waals surface area contributed by atoms with Gasteiger partial charge in [-0.3, -0.25) is 9.59 Å². The summed E-state index contributed by atoms with van der Waals surface area (Å²) in [6.07, 6.45) is 8.91. The summed E-state index contributed by atoms with van der Waals surface area (Å²) in [5.41, 5.74) is -0.396. The smallest absolute Gasteiger partial charge is 0.288 e. The molecule has 1 aromatic heterocycles. The first kappa shape index (κ1) is 21.6. The van der Waals surface area contributed by atoms with Crippen LogP contribution in [0.2, 0.25) is 0 Å². The lowest BCUT2D eigenvalue weighted by molar-refractivity contribution is -0.138. The summed E-state index contributed by atoms with van der Waals surface area (Å²) >= 11 is 0. The van der Waals surface area contributed by atoms with E-state index in [2.05, 4.69) is 23.5 Å². The van der Waals surface area contributed by atoms with Gasteiger partial charge in [-0.05, 0) is 50.5 Å². The quantitative estimate of drug-likeness (QED) is 0.778. The molecule has 7 nitrogen and oxygen atoms in total. The molecule has 2 aliphatic heterocycles. The van der Waals surface area contributed by atoms with Crippen molar-refractivity contribution < 1.29 is 23.0 Å². The van der Waals surface area contributed by atoms with Crippen LogP contribution < -0.4 is 5.32 Å². The zero-order valence-electron chi connectivity index (χ0n) is 17.9. The molecule has 1 spiro atoms. The van der Waals surface area contributed by atoms with Crippen LogP contribution in [0.25, 0.3) is 0 Å². The molecule has 1 saturated carbocycles. The van der Waals surface area contributed by atoms with Crippen LogP contribution in [-0.4, -0.2) is 45.8 Å². The molecule has 3 fully saturated rings. The van der Waals surface area contributed by atoms with E-state index in [0.717, 1.165) is 25.7 Å². The minimum absolute atomic E-state index is 0.0734. The Balaban J connectivity index is 1.37. The van der Waals surface area contributed by atoms with Gasteiger partial charge in [0.2, 0.25) is 5.91 Å². The van der Waals surface area contributed by atoms with Crippen molar-refractivity contribution in [2.45, 2.75) is 70.4 Å². The summed E-state index contributed by atoms with van der Waals surface area (Å²) in [5.74, 6) is 0.794. The molecule has 2 amide bonds. The van der Waals surface area contributed by atoms with Gasteiger partial charge in [0, 0.05) is 29.6 Å². The van der Waals surface area contributed by atoms with Gasteiger partial charge in [-0.15, -0.1) is 0 Å². The highest BCUT2D eigenvalue weighted by atomic mass is 32.2. The van der Waals surface area contributed by atoms with Gasteiger partial charge in [-0.1, -0.05) is 20.3 Å². The molecule has 1 N–H and O–H groups in total. The summed E-state index contributed by atoms with van der Waals surface area (Å²) in [5, 5.41) is 3.27. The molecule has 30 heavy (non-hydrogen) atoms. The van der Waals surface area contributed by atoms with Crippen LogP contribution in [0.5, 0.6) is 0 Å². The topological polar surface area (TPSA) is 98.0 Å². The van der Waals surface area contributed by atoms with Crippen molar-refractivity contribution in [3.63, 3.8) is 0 Å². The highest BCUT2D eigenvalue weighted by Crippen LogP contribution is 2.42. The maximum absolute atomic E-state index is 13.1. The summed E-state index contributed by atoms with van der Waals surface area (Å²) < 4.78 is 28.2. The van der Waals surface area contributed by atoms with Gasteiger partial charge in [0.25, 0.3) is 5.91 Å². The number of rotatable bonds is 4. The van der Waals surface area contributed by atoms with Crippen molar-refractivity contribution in [1.82, 2.24) is 5.32 Å². The van der Waals surface area contributed by atoms with Gasteiger partial charge in [-0.25, -0.2) is 4.21 Å². The average molecular weight is 437 g/mol. The van der Waals surface area contributed by atoms with E-state index < -0.39 is 15.6 Å². The van der Waals surface area contributed by atoms with E-state index in [1.54, 1.807) is 0 Å². The number of ether oxygens (including phenoxy) is 1. The lowest BCUT2D eigenvalue weighted by Gasteiger charge is -2.45. The van der Waals surface area contributed by atoms with E-state index in [4.69, 9.17) is 9.15 Å². The highest BCUT2D eigenvalue weighted by Gasteiger charge is 2.45. The zero-order chi connectivity index (χ0) is 21.4. The fourth-order valence-electron chi connectivity index (χ4n) is 4.79. The monoisotopic (exact) mass is 436 g/mol. The molecule has 1 aromatic rings. The molecule has 166 valence electrons. The minimum Gasteiger partial charge on any atom is -0.472 e. The van der Waals surface area contributed by atoms with E-state index in [9.17, 15) is 13.8 Å². The molecule has 2 saturated heterocycles. The number of carbonyl (C=O) groups is 2. The Kier molecular flexibility index (Phi) is 5.83. The average Bonchev–Trinajstić information content (AvgIpc) is 3.18. The summed E-state index contributed by atoms with van der Waals surface area (Å²) in [4.78, 5) is 25.1. The van der Waals surface area contributed by atoms with E-state index in [1.807, 2.05) is 0 Å². The first-order chi connectivity index (χ1) is 14.2. The van der Waals surface area contributed by atoms with Crippen LogP contribution in [0, 0.1) is 11.3 Å². The molecule has 0 bridgehead atoms. The number of furan rings is 1. The van der Waals surface area contributed by atoms with Crippen molar-refractivity contribution in [2.75, 3.05) is 18.1 Å². The summed E-state index contributed by atoms with van der Waals surface area (Å²) in [6.45, 7) is 4.69. The number of carbonyl (C=O) groups excluding carboxylic acids is 2. The molecule has 1 atom stereocenters. The van der Waals surface area contributed by atoms with E-state index in [-0.39, 0.29) is 23.0 Å². The van der Waals surface area contributed by atoms with Gasteiger partial charge in [0.05, 0.1) is 27.2 Å². The van der Waals surface area contributed by atoms with E-state index in [0.29, 0.717) is 42.4 Å². The van der Waals surface area contributed by atoms with Crippen molar-refractivity contribution in [3.05, 3.63) is 24.2 Å². The Morgan fingerprint density at radius 2 is 1.97 bits per heavy atom. The van der Waals surface area contributed by atoms with Gasteiger partial charge < -0.3 is 14.5 Å². The Morgan fingerprint density at radius 3 is 2.57 bits per heavy atom. The largest absolute Gasteiger partial charge is 0.472 e. The predicted octanol–water partition coefficient (Wildman–Crippen LogP) is 3.54. The summed E-state index contributed by atoms with van der Waals surface area (Å²) in [6, 6.07) is 1.60. The molecule has 3 aliphatic rings. The van der Waals surface area contributed by atoms with Crippen molar-refractivity contribution >= 4 is 21.5 Å². The number of hydrogen-bond donors (Lipinski definition) is 1. The summed E-state index contributed by atoms with van der Waals surface area (Å²) in [7, 11) is -2.60. The first-order valence-corrected chi connectivity index (χ1v) is 12.8. The van der Waals surface area contributed by atoms with Crippen LogP contribution in [0.3, 0.4) is 0 Å². The lowest BCUT2D eigenvalue weighted by atomic mass is 9.66. The third-order valence-electron chi connectivity index (χ3n) is 7.31. The van der Waals surface area contributed by atoms with E-state index >= 15 is 0 Å². The number of hydrogen-bond acceptors (Lipinski definition) is 5. The van der Waals surface area contributed by atoms with Crippen molar-refractivity contribution in [3.8, 4) is 0 Å². The molecule has 0 radical (unpaired) electrons. The van der Waals surface area contributed by atoms with Gasteiger partial charge >= 0.3 is 0 Å². The van der Waals surface area contributed by atoms with Crippen LogP contribution >= 0.6 is 0 Å². The van der Waals surface area contributed by atoms with Crippen molar-refractivity contribution in [1.29, 1.82) is 0 Å². The molecule has 8 heteroatoms. The second-order valence-electron chi connectivity index (χ2n) is 9.63. The second-order valence-corrected chi connectivity index (χ2v) is 12.2. The maximum atomic E-state index is 13.1. The Labute approximate surface area is 178 Å². The van der Waals surface area contributed by atoms with Crippen molar-refractivity contribution in [2.24, 2.45) is 15.7 Å². The Hall–Kier alpha value is -1.67. The number of nitrogens with one attached hydrogen (secondary N) is 1.